The van der Waals surface area contributed by atoms with Crippen molar-refractivity contribution in [1.29, 1.82) is 0 Å². The number of methoxy groups -OCH3 is 2. The molecule has 1 amide bonds. The predicted molar refractivity (Wildman–Crippen MR) is 118 cm³/mol. The molecule has 0 saturated carbocycles. The Morgan fingerprint density at radius 3 is 2.62 bits per heavy atom. The summed E-state index contributed by atoms with van der Waals surface area (Å²) in [6.07, 6.45) is 0.671. The molecule has 2 aromatic rings. The molecule has 34 heavy (non-hydrogen) atoms. The molecule has 4 rings (SSSR count). The van der Waals surface area contributed by atoms with Crippen LogP contribution >= 0.6 is 0 Å². The van der Waals surface area contributed by atoms with Gasteiger partial charge in [0, 0.05) is 19.0 Å². The Bertz CT molecular complexity index is 1170. The van der Waals surface area contributed by atoms with Gasteiger partial charge in [0.2, 0.25) is 5.78 Å². The summed E-state index contributed by atoms with van der Waals surface area (Å²) < 4.78 is 21.7. The number of rotatable bonds is 7. The molecule has 10 nitrogen and oxygen atoms in total. The fourth-order valence-corrected chi connectivity index (χ4v) is 3.90. The van der Waals surface area contributed by atoms with Crippen LogP contribution in [-0.2, 0) is 9.59 Å². The highest BCUT2D eigenvalue weighted by molar-refractivity contribution is 6.14. The molecule has 2 aromatic carbocycles. The number of aliphatic hydroxyl groups is 1. The zero-order valence-electron chi connectivity index (χ0n) is 18.5. The van der Waals surface area contributed by atoms with Gasteiger partial charge < -0.3 is 34.1 Å². The van der Waals surface area contributed by atoms with Gasteiger partial charge in [0.1, 0.15) is 17.5 Å². The first-order valence-electron chi connectivity index (χ1n) is 10.4. The lowest BCUT2D eigenvalue weighted by Crippen LogP contribution is -2.42. The standard InChI is InChI=1S/C24H23NO9/c1-31-18-6-3-13(7-20(18)32-2)8-21-23(28)16-5-4-15(10-19(16)34-21)33-12-22(27)25-11-14(26)9-17(25)24(29)30/h3-8,10,14,17,26H,9,11-12H2,1-2H3,(H,29,30)/t14-,17+/m1/s1. The van der Waals surface area contributed by atoms with Crippen molar-refractivity contribution in [3.8, 4) is 23.0 Å². The fourth-order valence-electron chi connectivity index (χ4n) is 3.90. The van der Waals surface area contributed by atoms with E-state index in [2.05, 4.69) is 0 Å². The van der Waals surface area contributed by atoms with Gasteiger partial charge in [-0.25, -0.2) is 4.79 Å². The smallest absolute Gasteiger partial charge is 0.326 e. The molecular weight excluding hydrogens is 446 g/mol. The Hall–Kier alpha value is -4.05. The zero-order chi connectivity index (χ0) is 24.4. The number of ether oxygens (including phenoxy) is 4. The summed E-state index contributed by atoms with van der Waals surface area (Å²) in [5.41, 5.74) is 1.02. The van der Waals surface area contributed by atoms with Gasteiger partial charge in [-0.15, -0.1) is 0 Å². The minimum Gasteiger partial charge on any atom is -0.493 e. The number of aliphatic hydroxyl groups excluding tert-OH is 1. The van der Waals surface area contributed by atoms with Gasteiger partial charge in [-0.1, -0.05) is 6.07 Å². The molecule has 2 atom stereocenters. The molecule has 2 heterocycles. The highest BCUT2D eigenvalue weighted by atomic mass is 16.5. The second kappa shape index (κ2) is 9.44. The summed E-state index contributed by atoms with van der Waals surface area (Å²) in [4.78, 5) is 37.6. The van der Waals surface area contributed by atoms with Crippen molar-refractivity contribution >= 4 is 23.7 Å². The van der Waals surface area contributed by atoms with Gasteiger partial charge in [0.05, 0.1) is 25.9 Å². The van der Waals surface area contributed by atoms with Crippen molar-refractivity contribution in [2.24, 2.45) is 0 Å². The maximum atomic E-state index is 12.7. The molecule has 0 aliphatic carbocycles. The summed E-state index contributed by atoms with van der Waals surface area (Å²) in [6.45, 7) is -0.483. The van der Waals surface area contributed by atoms with E-state index in [1.54, 1.807) is 24.3 Å². The number of nitrogens with zero attached hydrogens (tertiary/aromatic N) is 1. The number of allylic oxidation sites excluding steroid dienone is 1. The topological polar surface area (TPSA) is 132 Å². The molecular formula is C24H23NO9. The number of Topliss-reactive ketones (excluding diaryl/α,β-unsaturated/α-hetero) is 1. The van der Waals surface area contributed by atoms with Crippen molar-refractivity contribution in [2.75, 3.05) is 27.4 Å². The van der Waals surface area contributed by atoms with Crippen molar-refractivity contribution in [2.45, 2.75) is 18.6 Å². The van der Waals surface area contributed by atoms with Crippen LogP contribution in [0.3, 0.4) is 0 Å². The maximum absolute atomic E-state index is 12.7. The van der Waals surface area contributed by atoms with Gasteiger partial charge >= 0.3 is 5.97 Å². The average molecular weight is 469 g/mol. The van der Waals surface area contributed by atoms with E-state index in [9.17, 15) is 24.6 Å². The van der Waals surface area contributed by atoms with E-state index in [1.165, 1.54) is 32.4 Å². The van der Waals surface area contributed by atoms with Gasteiger partial charge in [0.25, 0.3) is 5.91 Å². The molecule has 2 N–H and O–H groups in total. The van der Waals surface area contributed by atoms with Crippen LogP contribution in [0, 0.1) is 0 Å². The third-order valence-electron chi connectivity index (χ3n) is 5.59. The van der Waals surface area contributed by atoms with E-state index in [1.807, 2.05) is 0 Å². The van der Waals surface area contributed by atoms with E-state index < -0.39 is 30.6 Å². The molecule has 1 fully saturated rings. The molecule has 0 spiro atoms. The number of ketones is 1. The highest BCUT2D eigenvalue weighted by Crippen LogP contribution is 2.36. The number of hydrogen-bond acceptors (Lipinski definition) is 8. The first kappa shape index (κ1) is 23.1. The van der Waals surface area contributed by atoms with Crippen LogP contribution in [0.1, 0.15) is 22.3 Å². The van der Waals surface area contributed by atoms with Gasteiger partial charge in [-0.05, 0) is 35.9 Å². The molecule has 0 bridgehead atoms. The fraction of sp³-hybridized carbons (Fsp3) is 0.292. The van der Waals surface area contributed by atoms with E-state index >= 15 is 0 Å². The number of carboxylic acids is 1. The molecule has 178 valence electrons. The van der Waals surface area contributed by atoms with Crippen LogP contribution in [0.25, 0.3) is 6.08 Å². The molecule has 0 radical (unpaired) electrons. The van der Waals surface area contributed by atoms with Crippen LogP contribution in [0.2, 0.25) is 0 Å². The molecule has 0 unspecified atom stereocenters. The first-order chi connectivity index (χ1) is 16.3. The Morgan fingerprint density at radius 1 is 1.15 bits per heavy atom. The monoisotopic (exact) mass is 469 g/mol. The Morgan fingerprint density at radius 2 is 1.91 bits per heavy atom. The molecule has 2 aliphatic heterocycles. The van der Waals surface area contributed by atoms with Gasteiger partial charge in [-0.3, -0.25) is 9.59 Å². The zero-order valence-corrected chi connectivity index (χ0v) is 18.5. The number of carboxylic acid groups (broad SMARTS) is 1. The van der Waals surface area contributed by atoms with Gasteiger partial charge in [0.15, 0.2) is 23.9 Å². The highest BCUT2D eigenvalue weighted by Gasteiger charge is 2.39. The normalized spacial score (nSPS) is 20.1. The number of carbonyl (C=O) groups excluding carboxylic acids is 2. The third kappa shape index (κ3) is 4.53. The molecule has 0 aromatic heterocycles. The minimum absolute atomic E-state index is 0.0228. The Balaban J connectivity index is 1.45. The quantitative estimate of drug-likeness (QED) is 0.582. The lowest BCUT2D eigenvalue weighted by Gasteiger charge is -2.21. The van der Waals surface area contributed by atoms with Crippen LogP contribution < -0.4 is 18.9 Å². The van der Waals surface area contributed by atoms with E-state index in [0.29, 0.717) is 22.6 Å². The second-order valence-corrected chi connectivity index (χ2v) is 7.79. The number of aliphatic carboxylic acids is 1. The van der Waals surface area contributed by atoms with Gasteiger partial charge in [-0.2, -0.15) is 0 Å². The summed E-state index contributed by atoms with van der Waals surface area (Å²) >= 11 is 0. The number of carbonyl (C=O) groups is 3. The maximum Gasteiger partial charge on any atom is 0.326 e. The first-order valence-corrected chi connectivity index (χ1v) is 10.4. The molecule has 10 heteroatoms. The predicted octanol–water partition coefficient (Wildman–Crippen LogP) is 1.75. The lowest BCUT2D eigenvalue weighted by molar-refractivity contribution is -0.148. The molecule has 2 aliphatic rings. The molecule has 1 saturated heterocycles. The number of β-amino-alcohol motifs (C(OH)–C–C–N with tert-alkyl or cyclic N) is 1. The van der Waals surface area contributed by atoms with Crippen LogP contribution in [0.4, 0.5) is 0 Å². The lowest BCUT2D eigenvalue weighted by atomic mass is 10.1. The summed E-state index contributed by atoms with van der Waals surface area (Å²) in [5, 5.41) is 18.9. The van der Waals surface area contributed by atoms with Crippen molar-refractivity contribution in [3.63, 3.8) is 0 Å². The summed E-state index contributed by atoms with van der Waals surface area (Å²) in [5.74, 6) is -0.301. The largest absolute Gasteiger partial charge is 0.493 e. The van der Waals surface area contributed by atoms with Crippen molar-refractivity contribution in [3.05, 3.63) is 53.3 Å². The number of fused-ring (bicyclic) bond motifs is 1. The number of hydrogen-bond donors (Lipinski definition) is 2. The summed E-state index contributed by atoms with van der Waals surface area (Å²) in [7, 11) is 3.05. The number of likely N-dealkylation sites (tertiary alicyclic amines) is 1. The van der Waals surface area contributed by atoms with E-state index in [0.717, 1.165) is 4.90 Å². The Kier molecular flexibility index (Phi) is 6.42. The van der Waals surface area contributed by atoms with Crippen LogP contribution in [0.5, 0.6) is 23.0 Å². The SMILES string of the molecule is COc1ccc(C=C2Oc3cc(OCC(=O)N4C[C@H](O)C[C@H]4C(=O)O)ccc3C2=O)cc1OC. The van der Waals surface area contributed by atoms with E-state index in [-0.39, 0.29) is 36.0 Å². The van der Waals surface area contributed by atoms with E-state index in [4.69, 9.17) is 18.9 Å². The average Bonchev–Trinajstić information content (AvgIpc) is 3.37. The van der Waals surface area contributed by atoms with Crippen LogP contribution in [-0.4, -0.2) is 72.3 Å². The minimum atomic E-state index is -1.18. The number of amides is 1. The summed E-state index contributed by atoms with van der Waals surface area (Å²) in [6, 6.07) is 8.65. The third-order valence-corrected chi connectivity index (χ3v) is 5.59. The van der Waals surface area contributed by atoms with Crippen molar-refractivity contribution < 1.29 is 43.5 Å². The number of benzene rings is 2. The Labute approximate surface area is 194 Å². The second-order valence-electron chi connectivity index (χ2n) is 7.79. The van der Waals surface area contributed by atoms with Crippen molar-refractivity contribution in [1.82, 2.24) is 4.90 Å². The van der Waals surface area contributed by atoms with Crippen LogP contribution in [0.15, 0.2) is 42.2 Å².